The van der Waals surface area contributed by atoms with Crippen molar-refractivity contribution in [1.29, 1.82) is 0 Å². The average molecular weight is 441 g/mol. The minimum atomic E-state index is 0.423. The fraction of sp³-hybridized carbons (Fsp3) is 0.160. The second kappa shape index (κ2) is 9.04. The summed E-state index contributed by atoms with van der Waals surface area (Å²) in [4.78, 5) is 11.5. The molecule has 8 heteroatoms. The molecule has 5 aromatic rings. The molecule has 3 heterocycles. The Kier molecular flexibility index (Phi) is 5.63. The highest BCUT2D eigenvalue weighted by Crippen LogP contribution is 2.24. The summed E-state index contributed by atoms with van der Waals surface area (Å²) in [5.74, 6) is 3.50. The first-order valence-electron chi connectivity index (χ1n) is 10.7. The molecule has 166 valence electrons. The minimum absolute atomic E-state index is 0.423. The van der Waals surface area contributed by atoms with Crippen LogP contribution in [0.4, 0.5) is 11.6 Å². The number of nitrogen functional groups attached to an aromatic ring is 1. The molecule has 0 spiro atoms. The maximum atomic E-state index is 6.35. The number of aromatic nitrogens is 4. The Hall–Kier alpha value is -4.33. The highest BCUT2D eigenvalue weighted by molar-refractivity contribution is 5.57. The van der Waals surface area contributed by atoms with Crippen molar-refractivity contribution < 1.29 is 9.15 Å². The normalized spacial score (nSPS) is 11.1. The Morgan fingerprint density at radius 3 is 2.61 bits per heavy atom. The van der Waals surface area contributed by atoms with Crippen molar-refractivity contribution in [2.24, 2.45) is 0 Å². The van der Waals surface area contributed by atoms with Gasteiger partial charge in [0.25, 0.3) is 5.78 Å². The lowest BCUT2D eigenvalue weighted by Gasteiger charge is -2.24. The monoisotopic (exact) mass is 440 g/mol. The Morgan fingerprint density at radius 1 is 1.00 bits per heavy atom. The van der Waals surface area contributed by atoms with E-state index in [9.17, 15) is 0 Å². The van der Waals surface area contributed by atoms with Gasteiger partial charge in [-0.25, -0.2) is 0 Å². The predicted molar refractivity (Wildman–Crippen MR) is 127 cm³/mol. The van der Waals surface area contributed by atoms with Crippen molar-refractivity contribution >= 4 is 17.4 Å². The van der Waals surface area contributed by atoms with Crippen LogP contribution in [0, 0.1) is 0 Å². The molecular formula is C25H24N6O2. The van der Waals surface area contributed by atoms with Gasteiger partial charge in [-0.1, -0.05) is 48.5 Å². The Labute approximate surface area is 191 Å². The molecule has 0 atom stereocenters. The molecule has 0 amide bonds. The number of nitrogens with zero attached hydrogens (tertiary/aromatic N) is 5. The lowest BCUT2D eigenvalue weighted by Crippen LogP contribution is -2.27. The third kappa shape index (κ3) is 4.36. The first-order chi connectivity index (χ1) is 16.2. The Balaban J connectivity index is 1.49. The van der Waals surface area contributed by atoms with Crippen molar-refractivity contribution in [2.75, 3.05) is 24.3 Å². The number of methoxy groups -OCH3 is 1. The molecular weight excluding hydrogens is 416 g/mol. The highest BCUT2D eigenvalue weighted by Gasteiger charge is 2.17. The summed E-state index contributed by atoms with van der Waals surface area (Å²) < 4.78 is 12.5. The topological polar surface area (TPSA) is 94.7 Å². The third-order valence-corrected chi connectivity index (χ3v) is 5.45. The van der Waals surface area contributed by atoms with Gasteiger partial charge in [0.2, 0.25) is 5.82 Å². The van der Waals surface area contributed by atoms with Crippen LogP contribution in [-0.2, 0) is 13.0 Å². The summed E-state index contributed by atoms with van der Waals surface area (Å²) in [5, 5.41) is 4.44. The molecule has 0 unspecified atom stereocenters. The number of ether oxygens (including phenoxy) is 1. The molecule has 2 N–H and O–H groups in total. The van der Waals surface area contributed by atoms with Gasteiger partial charge in [0.05, 0.1) is 13.4 Å². The largest absolute Gasteiger partial charge is 0.496 e. The quantitative estimate of drug-likeness (QED) is 0.386. The van der Waals surface area contributed by atoms with Gasteiger partial charge in [0.15, 0.2) is 5.76 Å². The molecule has 0 radical (unpaired) electrons. The predicted octanol–water partition coefficient (Wildman–Crippen LogP) is 4.22. The maximum absolute atomic E-state index is 6.35. The third-order valence-electron chi connectivity index (χ3n) is 5.45. The SMILES string of the molecule is COc1ccccc1CCN(Cc1ccccc1)c1cc(N)n2nc(-c3ccco3)nc2n1. The van der Waals surface area contributed by atoms with Crippen LogP contribution in [0.3, 0.4) is 0 Å². The van der Waals surface area contributed by atoms with Crippen LogP contribution in [0.1, 0.15) is 11.1 Å². The summed E-state index contributed by atoms with van der Waals surface area (Å²) in [7, 11) is 1.69. The molecule has 5 rings (SSSR count). The van der Waals surface area contributed by atoms with E-state index in [0.29, 0.717) is 29.7 Å². The lowest BCUT2D eigenvalue weighted by atomic mass is 10.1. The molecule has 2 aromatic carbocycles. The maximum Gasteiger partial charge on any atom is 0.256 e. The van der Waals surface area contributed by atoms with E-state index in [1.807, 2.05) is 42.5 Å². The van der Waals surface area contributed by atoms with Crippen LogP contribution in [-0.4, -0.2) is 33.2 Å². The zero-order valence-electron chi connectivity index (χ0n) is 18.3. The number of para-hydroxylation sites is 1. The molecule has 0 aliphatic rings. The molecule has 0 aliphatic carbocycles. The van der Waals surface area contributed by atoms with Gasteiger partial charge in [-0.2, -0.15) is 14.5 Å². The van der Waals surface area contributed by atoms with E-state index < -0.39 is 0 Å². The van der Waals surface area contributed by atoms with Crippen LogP contribution >= 0.6 is 0 Å². The van der Waals surface area contributed by atoms with E-state index >= 15 is 0 Å². The van der Waals surface area contributed by atoms with Gasteiger partial charge >= 0.3 is 0 Å². The van der Waals surface area contributed by atoms with Gasteiger partial charge in [-0.15, -0.1) is 5.10 Å². The Bertz CT molecular complexity index is 1350. The first kappa shape index (κ1) is 20.6. The van der Waals surface area contributed by atoms with Gasteiger partial charge in [0, 0.05) is 19.2 Å². The fourth-order valence-corrected chi connectivity index (χ4v) is 3.79. The lowest BCUT2D eigenvalue weighted by molar-refractivity contribution is 0.409. The smallest absolute Gasteiger partial charge is 0.256 e. The summed E-state index contributed by atoms with van der Waals surface area (Å²) in [5.41, 5.74) is 8.66. The van der Waals surface area contributed by atoms with E-state index in [0.717, 1.165) is 30.1 Å². The van der Waals surface area contributed by atoms with Gasteiger partial charge < -0.3 is 19.8 Å². The number of anilines is 2. The van der Waals surface area contributed by atoms with Gasteiger partial charge in [0.1, 0.15) is 17.4 Å². The first-order valence-corrected chi connectivity index (χ1v) is 10.7. The second-order valence-corrected chi connectivity index (χ2v) is 7.63. The minimum Gasteiger partial charge on any atom is -0.496 e. The van der Waals surface area contributed by atoms with Crippen molar-refractivity contribution in [2.45, 2.75) is 13.0 Å². The second-order valence-electron chi connectivity index (χ2n) is 7.63. The van der Waals surface area contributed by atoms with Crippen LogP contribution in [0.15, 0.2) is 83.5 Å². The molecule has 8 nitrogen and oxygen atoms in total. The van der Waals surface area contributed by atoms with Crippen molar-refractivity contribution in [3.63, 3.8) is 0 Å². The van der Waals surface area contributed by atoms with E-state index in [1.54, 1.807) is 25.5 Å². The van der Waals surface area contributed by atoms with E-state index in [2.05, 4.69) is 33.2 Å². The Morgan fingerprint density at radius 2 is 1.82 bits per heavy atom. The summed E-state index contributed by atoms with van der Waals surface area (Å²) >= 11 is 0. The molecule has 0 fully saturated rings. The number of fused-ring (bicyclic) bond motifs is 1. The number of hydrogen-bond acceptors (Lipinski definition) is 7. The van der Waals surface area contributed by atoms with Crippen LogP contribution in [0.5, 0.6) is 5.75 Å². The molecule has 0 saturated heterocycles. The van der Waals surface area contributed by atoms with Crippen LogP contribution in [0.2, 0.25) is 0 Å². The molecule has 0 saturated carbocycles. The average Bonchev–Trinajstić information content (AvgIpc) is 3.53. The zero-order chi connectivity index (χ0) is 22.6. The van der Waals surface area contributed by atoms with Crippen molar-refractivity contribution in [3.8, 4) is 17.3 Å². The van der Waals surface area contributed by atoms with Gasteiger partial charge in [-0.3, -0.25) is 0 Å². The summed E-state index contributed by atoms with van der Waals surface area (Å²) in [6.07, 6.45) is 2.37. The number of hydrogen-bond donors (Lipinski definition) is 1. The van der Waals surface area contributed by atoms with Crippen LogP contribution < -0.4 is 15.4 Å². The summed E-state index contributed by atoms with van der Waals surface area (Å²) in [6, 6.07) is 23.8. The molecule has 0 aliphatic heterocycles. The standard InChI is InChI=1S/C25H24N6O2/c1-32-20-11-6-5-10-19(20)13-14-30(17-18-8-3-2-4-9-18)23-16-22(26)31-25(27-23)28-24(29-31)21-12-7-15-33-21/h2-12,15-16H,13-14,17,26H2,1H3. The van der Waals surface area contributed by atoms with Crippen molar-refractivity contribution in [3.05, 3.63) is 90.2 Å². The number of rotatable bonds is 8. The number of nitrogens with two attached hydrogens (primary N) is 1. The fourth-order valence-electron chi connectivity index (χ4n) is 3.79. The highest BCUT2D eigenvalue weighted by atomic mass is 16.5. The molecule has 0 bridgehead atoms. The van der Waals surface area contributed by atoms with Crippen molar-refractivity contribution in [1.82, 2.24) is 19.6 Å². The van der Waals surface area contributed by atoms with E-state index in [1.165, 1.54) is 10.1 Å². The van der Waals surface area contributed by atoms with E-state index in [-0.39, 0.29) is 0 Å². The van der Waals surface area contributed by atoms with Gasteiger partial charge in [-0.05, 0) is 35.7 Å². The van der Waals surface area contributed by atoms with E-state index in [4.69, 9.17) is 19.9 Å². The number of furan rings is 1. The molecule has 33 heavy (non-hydrogen) atoms. The number of benzene rings is 2. The molecule has 3 aromatic heterocycles. The zero-order valence-corrected chi connectivity index (χ0v) is 18.3. The van der Waals surface area contributed by atoms with Crippen LogP contribution in [0.25, 0.3) is 17.4 Å². The summed E-state index contributed by atoms with van der Waals surface area (Å²) in [6.45, 7) is 1.40.